The van der Waals surface area contributed by atoms with E-state index in [1.807, 2.05) is 25.3 Å². The van der Waals surface area contributed by atoms with Gasteiger partial charge in [-0.2, -0.15) is 0 Å². The summed E-state index contributed by atoms with van der Waals surface area (Å²) in [5.74, 6) is 0.207. The molecule has 72 valence electrons. The molecule has 2 nitrogen and oxygen atoms in total. The first-order valence-electron chi connectivity index (χ1n) is 4.06. The maximum absolute atomic E-state index is 11.7. The van der Waals surface area contributed by atoms with Crippen LogP contribution < -0.4 is 5.73 Å². The second-order valence-electron chi connectivity index (χ2n) is 3.23. The Hall–Kier alpha value is -0.190. The molecule has 0 aliphatic heterocycles. The van der Waals surface area contributed by atoms with Gasteiger partial charge in [-0.25, -0.2) is 0 Å². The monoisotopic (exact) mass is 261 g/mol. The topological polar surface area (TPSA) is 43.1 Å². The average molecular weight is 262 g/mol. The highest BCUT2D eigenvalue weighted by Crippen LogP contribution is 2.24. The highest BCUT2D eigenvalue weighted by molar-refractivity contribution is 9.10. The van der Waals surface area contributed by atoms with Crippen LogP contribution in [0.25, 0.3) is 0 Å². The standard InChI is InChI=1S/C9H12BrNOS/c1-5(2)7(11)8(12)9-6(10)3-4-13-9/h3-5,7H,11H2,1-2H3. The molecule has 0 aliphatic rings. The van der Waals surface area contributed by atoms with E-state index in [0.717, 1.165) is 9.35 Å². The number of hydrogen-bond acceptors (Lipinski definition) is 3. The van der Waals surface area contributed by atoms with Crippen molar-refractivity contribution in [3.05, 3.63) is 20.8 Å². The fourth-order valence-electron chi connectivity index (χ4n) is 0.924. The molecule has 4 heteroatoms. The highest BCUT2D eigenvalue weighted by atomic mass is 79.9. The Balaban J connectivity index is 2.86. The molecular formula is C9H12BrNOS. The zero-order chi connectivity index (χ0) is 10.0. The van der Waals surface area contributed by atoms with Crippen LogP contribution in [0.4, 0.5) is 0 Å². The molecule has 0 saturated carbocycles. The second kappa shape index (κ2) is 4.35. The van der Waals surface area contributed by atoms with Gasteiger partial charge in [-0.1, -0.05) is 13.8 Å². The Kier molecular flexibility index (Phi) is 3.64. The summed E-state index contributed by atoms with van der Waals surface area (Å²) in [6.45, 7) is 3.90. The van der Waals surface area contributed by atoms with Gasteiger partial charge in [0, 0.05) is 4.47 Å². The van der Waals surface area contributed by atoms with Crippen molar-refractivity contribution in [3.63, 3.8) is 0 Å². The Morgan fingerprint density at radius 1 is 1.62 bits per heavy atom. The minimum atomic E-state index is -0.394. The van der Waals surface area contributed by atoms with Gasteiger partial charge in [0.25, 0.3) is 0 Å². The smallest absolute Gasteiger partial charge is 0.190 e. The van der Waals surface area contributed by atoms with Crippen molar-refractivity contribution in [3.8, 4) is 0 Å². The molecule has 0 aromatic carbocycles. The van der Waals surface area contributed by atoms with E-state index in [9.17, 15) is 4.79 Å². The Morgan fingerprint density at radius 2 is 2.23 bits per heavy atom. The van der Waals surface area contributed by atoms with Crippen LogP contribution in [0, 0.1) is 5.92 Å². The number of thiophene rings is 1. The number of carbonyl (C=O) groups is 1. The molecule has 1 unspecified atom stereocenters. The van der Waals surface area contributed by atoms with E-state index in [2.05, 4.69) is 15.9 Å². The minimum Gasteiger partial charge on any atom is -0.321 e. The molecule has 0 spiro atoms. The fraction of sp³-hybridized carbons (Fsp3) is 0.444. The van der Waals surface area contributed by atoms with Crippen LogP contribution in [-0.4, -0.2) is 11.8 Å². The van der Waals surface area contributed by atoms with E-state index < -0.39 is 6.04 Å². The summed E-state index contributed by atoms with van der Waals surface area (Å²) < 4.78 is 0.846. The normalized spacial score (nSPS) is 13.3. The molecule has 0 bridgehead atoms. The van der Waals surface area contributed by atoms with Gasteiger partial charge in [-0.15, -0.1) is 11.3 Å². The van der Waals surface area contributed by atoms with Gasteiger partial charge < -0.3 is 5.73 Å². The summed E-state index contributed by atoms with van der Waals surface area (Å²) in [5, 5.41) is 1.88. The first-order chi connectivity index (χ1) is 6.04. The summed E-state index contributed by atoms with van der Waals surface area (Å²) in [7, 11) is 0. The van der Waals surface area contributed by atoms with Crippen LogP contribution in [0.1, 0.15) is 23.5 Å². The summed E-state index contributed by atoms with van der Waals surface area (Å²) in [6, 6.07) is 1.47. The molecule has 2 N–H and O–H groups in total. The number of halogens is 1. The Morgan fingerprint density at radius 3 is 2.62 bits per heavy atom. The van der Waals surface area contributed by atoms with Crippen molar-refractivity contribution < 1.29 is 4.79 Å². The number of Topliss-reactive ketones (excluding diaryl/α,β-unsaturated/α-hetero) is 1. The summed E-state index contributed by atoms with van der Waals surface area (Å²) in [6.07, 6.45) is 0. The number of hydrogen-bond donors (Lipinski definition) is 1. The third-order valence-electron chi connectivity index (χ3n) is 1.86. The van der Waals surface area contributed by atoms with Crippen LogP contribution in [0.3, 0.4) is 0 Å². The van der Waals surface area contributed by atoms with E-state index in [1.165, 1.54) is 11.3 Å². The lowest BCUT2D eigenvalue weighted by Gasteiger charge is -2.12. The van der Waals surface area contributed by atoms with Gasteiger partial charge in [0.15, 0.2) is 5.78 Å². The number of nitrogens with two attached hydrogens (primary N) is 1. The molecule has 0 aliphatic carbocycles. The Labute approximate surface area is 90.3 Å². The summed E-state index contributed by atoms with van der Waals surface area (Å²) in [5.41, 5.74) is 5.76. The molecule has 1 aromatic rings. The molecule has 0 saturated heterocycles. The molecule has 1 heterocycles. The molecule has 1 aromatic heterocycles. The number of carbonyl (C=O) groups excluding carboxylic acids is 1. The van der Waals surface area contributed by atoms with Crippen molar-refractivity contribution in [1.29, 1.82) is 0 Å². The van der Waals surface area contributed by atoms with E-state index in [-0.39, 0.29) is 11.7 Å². The van der Waals surface area contributed by atoms with Crippen molar-refractivity contribution in [1.82, 2.24) is 0 Å². The maximum Gasteiger partial charge on any atom is 0.190 e. The SMILES string of the molecule is CC(C)C(N)C(=O)c1sccc1Br. The molecule has 13 heavy (non-hydrogen) atoms. The van der Waals surface area contributed by atoms with Gasteiger partial charge in [-0.05, 0) is 33.3 Å². The first kappa shape index (κ1) is 10.9. The van der Waals surface area contributed by atoms with E-state index in [4.69, 9.17) is 5.73 Å². The molecule has 0 radical (unpaired) electrons. The summed E-state index contributed by atoms with van der Waals surface area (Å²) in [4.78, 5) is 12.4. The van der Waals surface area contributed by atoms with Gasteiger partial charge in [-0.3, -0.25) is 4.79 Å². The van der Waals surface area contributed by atoms with Gasteiger partial charge >= 0.3 is 0 Å². The fourth-order valence-corrected chi connectivity index (χ4v) is 2.48. The molecule has 1 rings (SSSR count). The van der Waals surface area contributed by atoms with E-state index >= 15 is 0 Å². The predicted molar refractivity (Wildman–Crippen MR) is 59.2 cm³/mol. The van der Waals surface area contributed by atoms with Crippen LogP contribution in [-0.2, 0) is 0 Å². The zero-order valence-corrected chi connectivity index (χ0v) is 9.98. The quantitative estimate of drug-likeness (QED) is 0.851. The van der Waals surface area contributed by atoms with Crippen LogP contribution >= 0.6 is 27.3 Å². The van der Waals surface area contributed by atoms with Crippen molar-refractivity contribution in [2.45, 2.75) is 19.9 Å². The minimum absolute atomic E-state index is 0.0249. The second-order valence-corrected chi connectivity index (χ2v) is 5.00. The maximum atomic E-state index is 11.7. The van der Waals surface area contributed by atoms with Gasteiger partial charge in [0.05, 0.1) is 10.9 Å². The molecule has 0 amide bonds. The molecular weight excluding hydrogens is 250 g/mol. The lowest BCUT2D eigenvalue weighted by Crippen LogP contribution is -2.35. The van der Waals surface area contributed by atoms with E-state index in [0.29, 0.717) is 0 Å². The largest absolute Gasteiger partial charge is 0.321 e. The highest BCUT2D eigenvalue weighted by Gasteiger charge is 2.21. The van der Waals surface area contributed by atoms with Crippen molar-refractivity contribution in [2.75, 3.05) is 0 Å². The lowest BCUT2D eigenvalue weighted by atomic mass is 10.0. The number of ketones is 1. The van der Waals surface area contributed by atoms with Crippen LogP contribution in [0.2, 0.25) is 0 Å². The first-order valence-corrected chi connectivity index (χ1v) is 5.74. The zero-order valence-electron chi connectivity index (χ0n) is 7.58. The van der Waals surface area contributed by atoms with E-state index in [1.54, 1.807) is 0 Å². The Bertz CT molecular complexity index is 308. The molecule has 0 fully saturated rings. The van der Waals surface area contributed by atoms with Crippen LogP contribution in [0.15, 0.2) is 15.9 Å². The predicted octanol–water partition coefficient (Wildman–Crippen LogP) is 2.68. The lowest BCUT2D eigenvalue weighted by molar-refractivity contribution is 0.0944. The van der Waals surface area contributed by atoms with Crippen LogP contribution in [0.5, 0.6) is 0 Å². The van der Waals surface area contributed by atoms with Crippen molar-refractivity contribution >= 4 is 33.0 Å². The van der Waals surface area contributed by atoms with Gasteiger partial charge in [0.2, 0.25) is 0 Å². The van der Waals surface area contributed by atoms with Crippen molar-refractivity contribution in [2.24, 2.45) is 11.7 Å². The molecule has 1 atom stereocenters. The average Bonchev–Trinajstić information content (AvgIpc) is 2.48. The third-order valence-corrected chi connectivity index (χ3v) is 3.71. The number of rotatable bonds is 3. The summed E-state index contributed by atoms with van der Waals surface area (Å²) >= 11 is 4.75. The van der Waals surface area contributed by atoms with Gasteiger partial charge in [0.1, 0.15) is 0 Å². The third kappa shape index (κ3) is 2.39.